The maximum absolute atomic E-state index is 5.31. The molecule has 10 rings (SSSR count). The van der Waals surface area contributed by atoms with E-state index in [4.69, 9.17) is 15.0 Å². The number of aromatic nitrogens is 3. The molecule has 0 saturated heterocycles. The molecule has 0 spiro atoms. The lowest BCUT2D eigenvalue weighted by Crippen LogP contribution is -2.18. The second kappa shape index (κ2) is 13.8. The number of hydrogen-bond acceptors (Lipinski definition) is 5. The van der Waals surface area contributed by atoms with Gasteiger partial charge in [-0.15, -0.1) is 11.3 Å². The molecule has 0 unspecified atom stereocenters. The summed E-state index contributed by atoms with van der Waals surface area (Å²) in [5, 5.41) is 1.37. The number of aryl methyl sites for hydroxylation is 2. The third kappa shape index (κ3) is 5.83. The lowest BCUT2D eigenvalue weighted by atomic mass is 9.89. The van der Waals surface area contributed by atoms with Crippen molar-refractivity contribution in [1.29, 1.82) is 0 Å². The van der Waals surface area contributed by atoms with Crippen molar-refractivity contribution in [1.82, 2.24) is 15.0 Å². The van der Waals surface area contributed by atoms with E-state index in [9.17, 15) is 0 Å². The highest BCUT2D eigenvalue weighted by Crippen LogP contribution is 2.43. The molecule has 4 nitrogen and oxygen atoms in total. The number of benzene rings is 5. The van der Waals surface area contributed by atoms with Crippen LogP contribution < -0.4 is 4.90 Å². The quantitative estimate of drug-likeness (QED) is 0.180. The van der Waals surface area contributed by atoms with Crippen molar-refractivity contribution in [2.45, 2.75) is 73.1 Å². The molecular weight excluding hydrogens is 701 g/mol. The molecule has 5 aromatic carbocycles. The molecule has 3 aliphatic rings. The van der Waals surface area contributed by atoms with E-state index in [2.05, 4.69) is 143 Å². The molecule has 2 aliphatic carbocycles. The summed E-state index contributed by atoms with van der Waals surface area (Å²) in [5.74, 6) is 2.21. The van der Waals surface area contributed by atoms with Gasteiger partial charge in [0.25, 0.3) is 0 Å². The zero-order chi connectivity index (χ0) is 38.1. The minimum Gasteiger partial charge on any atom is -0.337 e. The molecule has 0 radical (unpaired) electrons. The van der Waals surface area contributed by atoms with Gasteiger partial charge in [-0.1, -0.05) is 60.7 Å². The van der Waals surface area contributed by atoms with Crippen molar-refractivity contribution in [2.75, 3.05) is 11.4 Å². The van der Waals surface area contributed by atoms with Crippen molar-refractivity contribution in [3.05, 3.63) is 158 Å². The van der Waals surface area contributed by atoms with E-state index < -0.39 is 0 Å². The van der Waals surface area contributed by atoms with Crippen molar-refractivity contribution in [3.8, 4) is 45.3 Å². The van der Waals surface area contributed by atoms with Gasteiger partial charge in [-0.05, 0) is 182 Å². The van der Waals surface area contributed by atoms with E-state index in [1.54, 1.807) is 4.88 Å². The van der Waals surface area contributed by atoms with Gasteiger partial charge in [0.1, 0.15) is 0 Å². The Labute approximate surface area is 334 Å². The van der Waals surface area contributed by atoms with Crippen LogP contribution in [0.2, 0.25) is 0 Å². The summed E-state index contributed by atoms with van der Waals surface area (Å²) in [6.45, 7) is 11.9. The van der Waals surface area contributed by atoms with Gasteiger partial charge < -0.3 is 4.90 Å². The number of hydrogen-bond donors (Lipinski definition) is 0. The summed E-state index contributed by atoms with van der Waals surface area (Å²) in [5.41, 5.74) is 20.3. The normalized spacial score (nSPS) is 15.7. The van der Waals surface area contributed by atoms with E-state index in [0.29, 0.717) is 0 Å². The molecule has 276 valence electrons. The summed E-state index contributed by atoms with van der Waals surface area (Å²) in [7, 11) is 0. The summed E-state index contributed by atoms with van der Waals surface area (Å²) in [6.07, 6.45) is 15.5. The van der Waals surface area contributed by atoms with Crippen molar-refractivity contribution < 1.29 is 0 Å². The number of rotatable bonds is 4. The second-order valence-corrected chi connectivity index (χ2v) is 17.1. The summed E-state index contributed by atoms with van der Waals surface area (Å²) in [6, 6.07) is 29.5. The van der Waals surface area contributed by atoms with E-state index in [1.807, 2.05) is 11.3 Å². The van der Waals surface area contributed by atoms with Crippen LogP contribution in [0.4, 0.5) is 11.4 Å². The molecule has 0 fully saturated rings. The SMILES string of the molecule is Cc1c(C)c(C)c(-c2nc(-c3ccc4c(c3)Cc3cc(N5C/C=C\C=C/Cc6ccccc65)ccc3-4)nc(-c3ccc4sc5c(c4c3)CCCC5)n2)c(C)c1C. The van der Waals surface area contributed by atoms with Crippen LogP contribution in [0.3, 0.4) is 0 Å². The van der Waals surface area contributed by atoms with Crippen LogP contribution in [0.5, 0.6) is 0 Å². The third-order valence-electron chi connectivity index (χ3n) is 12.8. The molecule has 2 aromatic heterocycles. The standard InChI is InChI=1S/C51H46N4S/c1-30-31(2)33(4)48(34(5)32(30)3)51-53-49(52-50(54-51)37-20-24-47-44(29-37)43-16-10-12-18-46(43)56-47)36-19-22-41-38(26-36)27-39-28-40(21-23-42(39)41)55-25-13-7-6-8-14-35-15-9-11-17-45(35)55/h6-9,11,13,15,17,19-24,26,28-29H,10,12,14,16,18,25,27H2,1-5H3/b8-6-,13-7-. The highest BCUT2D eigenvalue weighted by Gasteiger charge is 2.24. The Morgan fingerprint density at radius 1 is 0.589 bits per heavy atom. The van der Waals surface area contributed by atoms with Crippen molar-refractivity contribution >= 4 is 32.8 Å². The van der Waals surface area contributed by atoms with Gasteiger partial charge in [0.2, 0.25) is 0 Å². The number of allylic oxidation sites excluding steroid dienone is 3. The Hall–Kier alpha value is -5.65. The van der Waals surface area contributed by atoms with Crippen LogP contribution in [0, 0.1) is 34.6 Å². The van der Waals surface area contributed by atoms with Crippen LogP contribution in [0.25, 0.3) is 55.4 Å². The van der Waals surface area contributed by atoms with Crippen LogP contribution >= 0.6 is 11.3 Å². The average Bonchev–Trinajstić information content (AvgIpc) is 3.81. The monoisotopic (exact) mass is 746 g/mol. The molecule has 56 heavy (non-hydrogen) atoms. The van der Waals surface area contributed by atoms with E-state index in [-0.39, 0.29) is 0 Å². The van der Waals surface area contributed by atoms with Gasteiger partial charge in [-0.2, -0.15) is 0 Å². The predicted octanol–water partition coefficient (Wildman–Crippen LogP) is 12.9. The molecule has 5 heteroatoms. The Kier molecular flexibility index (Phi) is 8.59. The Balaban J connectivity index is 1.07. The molecule has 0 N–H and O–H groups in total. The summed E-state index contributed by atoms with van der Waals surface area (Å²) >= 11 is 1.97. The minimum atomic E-state index is 0.722. The Bertz CT molecular complexity index is 2770. The first kappa shape index (κ1) is 34.8. The number of para-hydroxylation sites is 1. The lowest BCUT2D eigenvalue weighted by Gasteiger charge is -2.26. The molecule has 0 amide bonds. The van der Waals surface area contributed by atoms with Crippen LogP contribution in [-0.2, 0) is 25.7 Å². The molecular formula is C51H46N4S. The fourth-order valence-corrected chi connectivity index (χ4v) is 10.6. The molecule has 0 atom stereocenters. The van der Waals surface area contributed by atoms with E-state index >= 15 is 0 Å². The highest BCUT2D eigenvalue weighted by atomic mass is 32.1. The molecule has 3 heterocycles. The van der Waals surface area contributed by atoms with Gasteiger partial charge in [0.15, 0.2) is 17.5 Å². The fraction of sp³-hybridized carbons (Fsp3) is 0.235. The highest BCUT2D eigenvalue weighted by molar-refractivity contribution is 7.19. The summed E-state index contributed by atoms with van der Waals surface area (Å²) in [4.78, 5) is 19.9. The van der Waals surface area contributed by atoms with Crippen molar-refractivity contribution in [3.63, 3.8) is 0 Å². The minimum absolute atomic E-state index is 0.722. The van der Waals surface area contributed by atoms with Gasteiger partial charge >= 0.3 is 0 Å². The molecule has 1 aliphatic heterocycles. The molecule has 0 saturated carbocycles. The van der Waals surface area contributed by atoms with Crippen LogP contribution in [0.1, 0.15) is 67.8 Å². The van der Waals surface area contributed by atoms with Crippen LogP contribution in [-0.4, -0.2) is 21.5 Å². The average molecular weight is 747 g/mol. The molecule has 7 aromatic rings. The maximum Gasteiger partial charge on any atom is 0.164 e. The second-order valence-electron chi connectivity index (χ2n) is 15.9. The Morgan fingerprint density at radius 2 is 1.25 bits per heavy atom. The van der Waals surface area contributed by atoms with Gasteiger partial charge in [0.05, 0.1) is 0 Å². The first-order valence-corrected chi connectivity index (χ1v) is 21.0. The number of nitrogens with zero attached hydrogens (tertiary/aromatic N) is 4. The van der Waals surface area contributed by atoms with Gasteiger partial charge in [0, 0.05) is 44.2 Å². The van der Waals surface area contributed by atoms with Crippen LogP contribution in [0.15, 0.2) is 103 Å². The van der Waals surface area contributed by atoms with E-state index in [1.165, 1.54) is 102 Å². The zero-order valence-electron chi connectivity index (χ0n) is 33.0. The Morgan fingerprint density at radius 3 is 2.07 bits per heavy atom. The maximum atomic E-state index is 5.31. The largest absolute Gasteiger partial charge is 0.337 e. The third-order valence-corrected chi connectivity index (χ3v) is 14.1. The zero-order valence-corrected chi connectivity index (χ0v) is 33.8. The number of thiophene rings is 1. The number of fused-ring (bicyclic) bond motifs is 7. The first-order valence-electron chi connectivity index (χ1n) is 20.1. The molecule has 0 bridgehead atoms. The fourth-order valence-electron chi connectivity index (χ4n) is 9.30. The topological polar surface area (TPSA) is 41.9 Å². The first-order chi connectivity index (χ1) is 27.3. The van der Waals surface area contributed by atoms with Gasteiger partial charge in [-0.25, -0.2) is 15.0 Å². The summed E-state index contributed by atoms with van der Waals surface area (Å²) < 4.78 is 1.37. The van der Waals surface area contributed by atoms with Gasteiger partial charge in [-0.3, -0.25) is 0 Å². The van der Waals surface area contributed by atoms with Crippen molar-refractivity contribution in [2.24, 2.45) is 0 Å². The number of anilines is 2. The lowest BCUT2D eigenvalue weighted by molar-refractivity contribution is 0.700. The van der Waals surface area contributed by atoms with E-state index in [0.717, 1.165) is 60.0 Å². The predicted molar refractivity (Wildman–Crippen MR) is 236 cm³/mol. The smallest absolute Gasteiger partial charge is 0.164 e.